The first-order valence-electron chi connectivity index (χ1n) is 7.25. The van der Waals surface area contributed by atoms with Gasteiger partial charge in [-0.15, -0.1) is 0 Å². The largest absolute Gasteiger partial charge is 0.491 e. The van der Waals surface area contributed by atoms with E-state index in [4.69, 9.17) is 10.5 Å². The highest BCUT2D eigenvalue weighted by Crippen LogP contribution is 2.36. The quantitative estimate of drug-likeness (QED) is 0.917. The number of fused-ring (bicyclic) bond motifs is 1. The second-order valence-corrected chi connectivity index (χ2v) is 6.35. The van der Waals surface area contributed by atoms with Crippen LogP contribution >= 0.6 is 0 Å². The number of para-hydroxylation sites is 1. The first-order valence-corrected chi connectivity index (χ1v) is 7.25. The van der Waals surface area contributed by atoms with Gasteiger partial charge in [0.1, 0.15) is 11.3 Å². The van der Waals surface area contributed by atoms with Crippen molar-refractivity contribution in [2.24, 2.45) is 5.41 Å². The lowest BCUT2D eigenvalue weighted by Gasteiger charge is -2.29. The van der Waals surface area contributed by atoms with Crippen molar-refractivity contribution in [1.29, 1.82) is 0 Å². The van der Waals surface area contributed by atoms with Gasteiger partial charge in [-0.3, -0.25) is 0 Å². The molecule has 1 heterocycles. The molecule has 2 aromatic rings. The minimum atomic E-state index is 0.113. The summed E-state index contributed by atoms with van der Waals surface area (Å²) in [6.07, 6.45) is 0.977. The van der Waals surface area contributed by atoms with Crippen LogP contribution in [-0.4, -0.2) is 16.2 Å². The van der Waals surface area contributed by atoms with Gasteiger partial charge in [-0.1, -0.05) is 33.8 Å². The summed E-state index contributed by atoms with van der Waals surface area (Å²) in [5.41, 5.74) is 8.15. The molecule has 0 aliphatic rings. The molecule has 0 bridgehead atoms. The number of rotatable bonds is 4. The molecule has 2 rings (SSSR count). The van der Waals surface area contributed by atoms with Gasteiger partial charge in [0.25, 0.3) is 0 Å². The van der Waals surface area contributed by atoms with Gasteiger partial charge in [-0.2, -0.15) is 0 Å². The van der Waals surface area contributed by atoms with E-state index in [2.05, 4.69) is 50.2 Å². The number of nitrogens with zero attached hydrogens (tertiary/aromatic N) is 2. The molecule has 1 unspecified atom stereocenters. The fourth-order valence-corrected chi connectivity index (χ4v) is 2.23. The Morgan fingerprint density at radius 2 is 2.05 bits per heavy atom. The summed E-state index contributed by atoms with van der Waals surface area (Å²) < 4.78 is 7.88. The lowest BCUT2D eigenvalue weighted by molar-refractivity contribution is 0.270. The number of hydrogen-bond donors (Lipinski definition) is 1. The zero-order valence-corrected chi connectivity index (χ0v) is 13.1. The van der Waals surface area contributed by atoms with Crippen molar-refractivity contribution in [1.82, 2.24) is 9.55 Å². The fourth-order valence-electron chi connectivity index (χ4n) is 2.23. The molecule has 0 aliphatic carbocycles. The van der Waals surface area contributed by atoms with Crippen molar-refractivity contribution < 1.29 is 4.74 Å². The van der Waals surface area contributed by atoms with E-state index in [0.717, 1.165) is 23.2 Å². The van der Waals surface area contributed by atoms with Crippen LogP contribution in [0.4, 0.5) is 5.95 Å². The molecular formula is C16H25N3O. The van der Waals surface area contributed by atoms with E-state index in [0.29, 0.717) is 12.6 Å². The monoisotopic (exact) mass is 275 g/mol. The molecule has 0 fully saturated rings. The zero-order chi connectivity index (χ0) is 14.9. The smallest absolute Gasteiger partial charge is 0.201 e. The van der Waals surface area contributed by atoms with E-state index >= 15 is 0 Å². The molecule has 0 spiro atoms. The number of nitrogens with two attached hydrogens (primary N) is 1. The number of benzene rings is 1. The number of imidazole rings is 1. The Morgan fingerprint density at radius 3 is 2.65 bits per heavy atom. The summed E-state index contributed by atoms with van der Waals surface area (Å²) in [5, 5.41) is 0. The maximum absolute atomic E-state index is 6.14. The van der Waals surface area contributed by atoms with Crippen molar-refractivity contribution in [2.75, 3.05) is 12.3 Å². The Labute approximate surface area is 120 Å². The van der Waals surface area contributed by atoms with Gasteiger partial charge in [-0.05, 0) is 30.9 Å². The lowest BCUT2D eigenvalue weighted by atomic mass is 9.88. The average Bonchev–Trinajstić information content (AvgIpc) is 2.70. The third kappa shape index (κ3) is 2.60. The minimum Gasteiger partial charge on any atom is -0.491 e. The molecule has 0 aliphatic heterocycles. The van der Waals surface area contributed by atoms with Crippen molar-refractivity contribution in [3.8, 4) is 5.75 Å². The first kappa shape index (κ1) is 14.7. The SMILES string of the molecule is CCCOc1cccc2c1nc(N)n2C(C)C(C)(C)C. The Balaban J connectivity index is 2.55. The van der Waals surface area contributed by atoms with E-state index in [1.807, 2.05) is 12.1 Å². The third-order valence-electron chi connectivity index (χ3n) is 3.81. The lowest BCUT2D eigenvalue weighted by Crippen LogP contribution is -2.22. The molecule has 0 saturated carbocycles. The number of ether oxygens (including phenoxy) is 1. The van der Waals surface area contributed by atoms with Crippen molar-refractivity contribution in [3.63, 3.8) is 0 Å². The van der Waals surface area contributed by atoms with Crippen LogP contribution in [0.25, 0.3) is 11.0 Å². The summed E-state index contributed by atoms with van der Waals surface area (Å²) in [7, 11) is 0. The fraction of sp³-hybridized carbons (Fsp3) is 0.562. The van der Waals surface area contributed by atoms with Crippen LogP contribution in [0.15, 0.2) is 18.2 Å². The first-order chi connectivity index (χ1) is 9.36. The van der Waals surface area contributed by atoms with Gasteiger partial charge < -0.3 is 15.0 Å². The molecule has 20 heavy (non-hydrogen) atoms. The molecule has 4 nitrogen and oxygen atoms in total. The number of hydrogen-bond acceptors (Lipinski definition) is 3. The van der Waals surface area contributed by atoms with E-state index in [-0.39, 0.29) is 11.5 Å². The minimum absolute atomic E-state index is 0.113. The normalized spacial score (nSPS) is 13.7. The molecule has 1 aromatic carbocycles. The third-order valence-corrected chi connectivity index (χ3v) is 3.81. The molecule has 110 valence electrons. The van der Waals surface area contributed by atoms with Crippen LogP contribution in [0.1, 0.15) is 47.1 Å². The van der Waals surface area contributed by atoms with Crippen LogP contribution in [-0.2, 0) is 0 Å². The average molecular weight is 275 g/mol. The number of nitrogen functional groups attached to an aromatic ring is 1. The Kier molecular flexibility index (Phi) is 3.93. The van der Waals surface area contributed by atoms with Gasteiger partial charge in [0.05, 0.1) is 12.1 Å². The highest BCUT2D eigenvalue weighted by molar-refractivity contribution is 5.84. The predicted molar refractivity (Wildman–Crippen MR) is 84.1 cm³/mol. The molecule has 0 saturated heterocycles. The predicted octanol–water partition coefficient (Wildman–Crippen LogP) is 4.01. The van der Waals surface area contributed by atoms with Crippen molar-refractivity contribution in [3.05, 3.63) is 18.2 Å². The van der Waals surface area contributed by atoms with Crippen molar-refractivity contribution in [2.45, 2.75) is 47.1 Å². The van der Waals surface area contributed by atoms with E-state index in [9.17, 15) is 0 Å². The van der Waals surface area contributed by atoms with Gasteiger partial charge in [0.15, 0.2) is 0 Å². The van der Waals surface area contributed by atoms with Crippen molar-refractivity contribution >= 4 is 17.0 Å². The maximum Gasteiger partial charge on any atom is 0.201 e. The maximum atomic E-state index is 6.14. The van der Waals surface area contributed by atoms with E-state index in [1.165, 1.54) is 0 Å². The summed E-state index contributed by atoms with van der Waals surface area (Å²) in [5.74, 6) is 1.37. The molecule has 1 aromatic heterocycles. The Bertz CT molecular complexity index is 596. The summed E-state index contributed by atoms with van der Waals surface area (Å²) in [4.78, 5) is 4.52. The van der Waals surface area contributed by atoms with Gasteiger partial charge in [0.2, 0.25) is 5.95 Å². The van der Waals surface area contributed by atoms with E-state index in [1.54, 1.807) is 0 Å². The molecule has 0 amide bonds. The Morgan fingerprint density at radius 1 is 1.35 bits per heavy atom. The molecular weight excluding hydrogens is 250 g/mol. The topological polar surface area (TPSA) is 53.1 Å². The van der Waals surface area contributed by atoms with Crippen LogP contribution < -0.4 is 10.5 Å². The van der Waals surface area contributed by atoms with Gasteiger partial charge in [-0.25, -0.2) is 4.98 Å². The van der Waals surface area contributed by atoms with Crippen LogP contribution in [0.5, 0.6) is 5.75 Å². The molecule has 0 radical (unpaired) electrons. The second-order valence-electron chi connectivity index (χ2n) is 6.35. The summed E-state index contributed by atoms with van der Waals surface area (Å²) >= 11 is 0. The van der Waals surface area contributed by atoms with Gasteiger partial charge >= 0.3 is 0 Å². The molecule has 2 N–H and O–H groups in total. The number of aromatic nitrogens is 2. The Hall–Kier alpha value is -1.71. The molecule has 4 heteroatoms. The second kappa shape index (κ2) is 5.35. The standard InChI is InChI=1S/C16H25N3O/c1-6-10-20-13-9-7-8-12-14(13)18-15(17)19(12)11(2)16(3,4)5/h7-9,11H,6,10H2,1-5H3,(H2,17,18). The van der Waals surface area contributed by atoms with E-state index < -0.39 is 0 Å². The van der Waals surface area contributed by atoms with Gasteiger partial charge in [0, 0.05) is 6.04 Å². The van der Waals surface area contributed by atoms with Crippen LogP contribution in [0.3, 0.4) is 0 Å². The van der Waals surface area contributed by atoms with Crippen LogP contribution in [0, 0.1) is 5.41 Å². The van der Waals surface area contributed by atoms with Crippen LogP contribution in [0.2, 0.25) is 0 Å². The number of anilines is 1. The summed E-state index contributed by atoms with van der Waals surface area (Å²) in [6.45, 7) is 11.6. The summed E-state index contributed by atoms with van der Waals surface area (Å²) in [6, 6.07) is 6.27. The highest BCUT2D eigenvalue weighted by Gasteiger charge is 2.25. The highest BCUT2D eigenvalue weighted by atomic mass is 16.5. The zero-order valence-electron chi connectivity index (χ0n) is 13.1. The molecule has 1 atom stereocenters.